The van der Waals surface area contributed by atoms with Crippen LogP contribution in [-0.2, 0) is 10.0 Å². The monoisotopic (exact) mass is 525 g/mol. The molecule has 2 aromatic carbocycles. The zero-order chi connectivity index (χ0) is 26.2. The summed E-state index contributed by atoms with van der Waals surface area (Å²) < 4.78 is 29.8. The van der Waals surface area contributed by atoms with Gasteiger partial charge in [0.25, 0.3) is 0 Å². The minimum atomic E-state index is -3.61. The van der Waals surface area contributed by atoms with E-state index in [1.807, 2.05) is 0 Å². The molecule has 4 rings (SSSR count). The zero-order valence-corrected chi connectivity index (χ0v) is 24.2. The van der Waals surface area contributed by atoms with Crippen molar-refractivity contribution in [1.29, 1.82) is 0 Å². The molecule has 194 valence electrons. The molecule has 0 spiro atoms. The van der Waals surface area contributed by atoms with Gasteiger partial charge in [0.1, 0.15) is 0 Å². The van der Waals surface area contributed by atoms with Gasteiger partial charge in [-0.25, -0.2) is 13.4 Å². The van der Waals surface area contributed by atoms with E-state index in [1.165, 1.54) is 11.1 Å². The van der Waals surface area contributed by atoms with Crippen LogP contribution in [0.2, 0.25) is 0 Å². The third-order valence-electron chi connectivity index (χ3n) is 6.99. The van der Waals surface area contributed by atoms with Crippen molar-refractivity contribution in [3.63, 3.8) is 0 Å². The number of hydrogen-bond donors (Lipinski definition) is 0. The molecular weight excluding hydrogens is 486 g/mol. The number of piperazine rings is 1. The first-order valence-electron chi connectivity index (χ1n) is 12.9. The van der Waals surface area contributed by atoms with Crippen LogP contribution in [0.5, 0.6) is 0 Å². The number of anilines is 1. The van der Waals surface area contributed by atoms with Gasteiger partial charge in [-0.3, -0.25) is 0 Å². The molecule has 1 saturated heterocycles. The van der Waals surface area contributed by atoms with Crippen molar-refractivity contribution >= 4 is 26.5 Å². The van der Waals surface area contributed by atoms with E-state index in [-0.39, 0.29) is 11.8 Å². The number of aryl methyl sites for hydroxylation is 1. The van der Waals surface area contributed by atoms with Crippen LogP contribution in [0.25, 0.3) is 11.3 Å². The summed E-state index contributed by atoms with van der Waals surface area (Å²) in [5.41, 5.74) is 6.39. The third kappa shape index (κ3) is 5.38. The topological polar surface area (TPSA) is 53.5 Å². The molecule has 1 aliphatic rings. The summed E-state index contributed by atoms with van der Waals surface area (Å²) in [6.45, 7) is 17.0. The predicted octanol–water partition coefficient (Wildman–Crippen LogP) is 7.00. The first kappa shape index (κ1) is 26.8. The zero-order valence-electron chi connectivity index (χ0n) is 22.6. The van der Waals surface area contributed by atoms with E-state index in [2.05, 4.69) is 95.1 Å². The molecule has 7 heteroatoms. The second-order valence-corrected chi connectivity index (χ2v) is 13.5. The van der Waals surface area contributed by atoms with Gasteiger partial charge in [0.2, 0.25) is 10.0 Å². The average molecular weight is 526 g/mol. The van der Waals surface area contributed by atoms with Crippen LogP contribution >= 0.6 is 11.3 Å². The van der Waals surface area contributed by atoms with Crippen LogP contribution in [-0.4, -0.2) is 43.9 Å². The maximum atomic E-state index is 14.1. The van der Waals surface area contributed by atoms with Crippen LogP contribution in [0.4, 0.5) is 5.13 Å². The van der Waals surface area contributed by atoms with E-state index in [0.717, 1.165) is 27.5 Å². The Labute approximate surface area is 221 Å². The van der Waals surface area contributed by atoms with Crippen molar-refractivity contribution in [2.45, 2.75) is 71.1 Å². The van der Waals surface area contributed by atoms with Crippen LogP contribution in [0.1, 0.15) is 81.5 Å². The fraction of sp³-hybridized carbons (Fsp3) is 0.483. The Balaban J connectivity index is 1.59. The Hall–Kier alpha value is -2.22. The second kappa shape index (κ2) is 10.6. The second-order valence-electron chi connectivity index (χ2n) is 10.8. The molecule has 1 aromatic heterocycles. The van der Waals surface area contributed by atoms with Crippen LogP contribution < -0.4 is 4.90 Å². The number of nitrogens with zero attached hydrogens (tertiary/aromatic N) is 3. The number of aromatic nitrogens is 1. The summed E-state index contributed by atoms with van der Waals surface area (Å²) in [5, 5.41) is 3.04. The summed E-state index contributed by atoms with van der Waals surface area (Å²) in [4.78, 5) is 7.61. The SMILES string of the molecule is Cc1cccc(-c2csc(N3CCN(S(=O)(=O)c4c(C(C)C)cc(C(C)C)cc4C(C)C)CC3)n2)c1. The van der Waals surface area contributed by atoms with Gasteiger partial charge in [-0.1, -0.05) is 77.4 Å². The molecular formula is C29H39N3O2S2. The van der Waals surface area contributed by atoms with Gasteiger partial charge in [0, 0.05) is 37.1 Å². The van der Waals surface area contributed by atoms with Gasteiger partial charge in [-0.15, -0.1) is 11.3 Å². The van der Waals surface area contributed by atoms with Crippen LogP contribution in [0, 0.1) is 6.92 Å². The lowest BCUT2D eigenvalue weighted by Crippen LogP contribution is -2.49. The highest BCUT2D eigenvalue weighted by molar-refractivity contribution is 7.89. The number of sulfonamides is 1. The quantitative estimate of drug-likeness (QED) is 0.333. The highest BCUT2D eigenvalue weighted by atomic mass is 32.2. The predicted molar refractivity (Wildman–Crippen MR) is 152 cm³/mol. The minimum Gasteiger partial charge on any atom is -0.345 e. The molecule has 0 aliphatic carbocycles. The van der Waals surface area contributed by atoms with Crippen molar-refractivity contribution in [3.05, 3.63) is 64.0 Å². The summed E-state index contributed by atoms with van der Waals surface area (Å²) in [7, 11) is -3.61. The van der Waals surface area contributed by atoms with Crippen molar-refractivity contribution in [1.82, 2.24) is 9.29 Å². The summed E-state index contributed by atoms with van der Waals surface area (Å²) >= 11 is 1.63. The average Bonchev–Trinajstić information content (AvgIpc) is 3.33. The lowest BCUT2D eigenvalue weighted by Gasteiger charge is -2.35. The van der Waals surface area contributed by atoms with Gasteiger partial charge >= 0.3 is 0 Å². The molecule has 5 nitrogen and oxygen atoms in total. The maximum absolute atomic E-state index is 14.1. The van der Waals surface area contributed by atoms with E-state index < -0.39 is 10.0 Å². The molecule has 1 aliphatic heterocycles. The smallest absolute Gasteiger partial charge is 0.243 e. The number of benzene rings is 2. The lowest BCUT2D eigenvalue weighted by molar-refractivity contribution is 0.383. The van der Waals surface area contributed by atoms with E-state index in [1.54, 1.807) is 15.6 Å². The Kier molecular flexibility index (Phi) is 7.93. The lowest BCUT2D eigenvalue weighted by atomic mass is 9.89. The molecule has 0 radical (unpaired) electrons. The van der Waals surface area contributed by atoms with E-state index in [9.17, 15) is 8.42 Å². The summed E-state index contributed by atoms with van der Waals surface area (Å²) in [5.74, 6) is 0.605. The first-order valence-corrected chi connectivity index (χ1v) is 15.3. The number of hydrogen-bond acceptors (Lipinski definition) is 5. The van der Waals surface area contributed by atoms with E-state index in [0.29, 0.717) is 37.0 Å². The molecule has 0 unspecified atom stereocenters. The first-order chi connectivity index (χ1) is 17.0. The standard InChI is InChI=1S/C29H39N3O2S2/c1-19(2)24-16-25(20(3)4)28(26(17-24)21(5)6)36(33,34)32-13-11-31(12-14-32)29-30-27(18-35-29)23-10-8-9-22(7)15-23/h8-10,15-21H,11-14H2,1-7H3. The molecule has 0 amide bonds. The number of rotatable bonds is 7. The van der Waals surface area contributed by atoms with E-state index in [4.69, 9.17) is 4.98 Å². The highest BCUT2D eigenvalue weighted by Crippen LogP contribution is 2.37. The van der Waals surface area contributed by atoms with Crippen molar-refractivity contribution < 1.29 is 8.42 Å². The summed E-state index contributed by atoms with van der Waals surface area (Å²) in [6, 6.07) is 12.6. The van der Waals surface area contributed by atoms with Gasteiger partial charge in [0.15, 0.2) is 5.13 Å². The van der Waals surface area contributed by atoms with Gasteiger partial charge in [-0.2, -0.15) is 4.31 Å². The van der Waals surface area contributed by atoms with Gasteiger partial charge in [0.05, 0.1) is 10.6 Å². The molecule has 3 aromatic rings. The highest BCUT2D eigenvalue weighted by Gasteiger charge is 2.34. The largest absolute Gasteiger partial charge is 0.345 e. The molecule has 36 heavy (non-hydrogen) atoms. The number of thiazole rings is 1. The summed E-state index contributed by atoms with van der Waals surface area (Å²) in [6.07, 6.45) is 0. The Bertz CT molecular complexity index is 1290. The molecule has 0 saturated carbocycles. The van der Waals surface area contributed by atoms with Crippen LogP contribution in [0.3, 0.4) is 0 Å². The minimum absolute atomic E-state index is 0.127. The van der Waals surface area contributed by atoms with Gasteiger partial charge in [-0.05, 0) is 47.4 Å². The Morgan fingerprint density at radius 2 is 1.47 bits per heavy atom. The van der Waals surface area contributed by atoms with Crippen molar-refractivity contribution in [2.24, 2.45) is 0 Å². The molecule has 2 heterocycles. The normalized spacial score (nSPS) is 15.4. The van der Waals surface area contributed by atoms with Crippen LogP contribution in [0.15, 0.2) is 46.7 Å². The fourth-order valence-corrected chi connectivity index (χ4v) is 7.76. The molecule has 1 fully saturated rings. The Morgan fingerprint density at radius 3 is 2.00 bits per heavy atom. The van der Waals surface area contributed by atoms with E-state index >= 15 is 0 Å². The maximum Gasteiger partial charge on any atom is 0.243 e. The Morgan fingerprint density at radius 1 is 0.861 bits per heavy atom. The molecule has 0 atom stereocenters. The molecule has 0 bridgehead atoms. The molecule has 0 N–H and O–H groups in total. The third-order valence-corrected chi connectivity index (χ3v) is 9.93. The fourth-order valence-electron chi connectivity index (χ4n) is 4.78. The van der Waals surface area contributed by atoms with Gasteiger partial charge < -0.3 is 4.90 Å². The van der Waals surface area contributed by atoms with Crippen molar-refractivity contribution in [2.75, 3.05) is 31.1 Å². The van der Waals surface area contributed by atoms with Crippen molar-refractivity contribution in [3.8, 4) is 11.3 Å².